The summed E-state index contributed by atoms with van der Waals surface area (Å²) in [6.45, 7) is 5.91. The molecule has 2 aromatic carbocycles. The van der Waals surface area contributed by atoms with Gasteiger partial charge in [-0.3, -0.25) is 0 Å². The Bertz CT molecular complexity index is 626. The lowest BCUT2D eigenvalue weighted by Crippen LogP contribution is -2.07. The lowest BCUT2D eigenvalue weighted by molar-refractivity contribution is 0.0602. The number of benzene rings is 2. The molecule has 2 aromatic rings. The topological polar surface area (TPSA) is 26.3 Å². The normalized spacial score (nSPS) is 10.4. The third-order valence-electron chi connectivity index (χ3n) is 3.23. The number of fused-ring (bicyclic) bond motifs is 1. The van der Waals surface area contributed by atoms with Gasteiger partial charge < -0.3 is 4.74 Å². The first-order valence-corrected chi connectivity index (χ1v) is 6.37. The second-order valence-corrected chi connectivity index (χ2v) is 4.77. The molecule has 0 aliphatic rings. The fourth-order valence-electron chi connectivity index (χ4n) is 2.22. The van der Waals surface area contributed by atoms with Crippen molar-refractivity contribution in [2.45, 2.75) is 19.8 Å². The highest BCUT2D eigenvalue weighted by atomic mass is 16.5. The van der Waals surface area contributed by atoms with E-state index in [4.69, 9.17) is 4.74 Å². The van der Waals surface area contributed by atoms with Crippen molar-refractivity contribution in [3.63, 3.8) is 0 Å². The number of allylic oxidation sites excluding steroid dienone is 1. The van der Waals surface area contributed by atoms with Gasteiger partial charge in [-0.25, -0.2) is 4.79 Å². The molecule has 0 saturated carbocycles. The number of carbonyl (C=O) groups is 1. The van der Waals surface area contributed by atoms with Gasteiger partial charge in [0, 0.05) is 0 Å². The van der Waals surface area contributed by atoms with E-state index in [0.29, 0.717) is 5.56 Å². The van der Waals surface area contributed by atoms with Crippen LogP contribution in [0.4, 0.5) is 0 Å². The Balaban J connectivity index is 2.56. The van der Waals surface area contributed by atoms with Crippen LogP contribution < -0.4 is 0 Å². The summed E-state index contributed by atoms with van der Waals surface area (Å²) in [6.07, 6.45) is 1.69. The molecular weight excluding hydrogens is 236 g/mol. The van der Waals surface area contributed by atoms with Crippen LogP contribution in [0.5, 0.6) is 0 Å². The molecule has 0 aromatic heterocycles. The summed E-state index contributed by atoms with van der Waals surface area (Å²) in [5.41, 5.74) is 2.82. The van der Waals surface area contributed by atoms with Crippen molar-refractivity contribution in [1.82, 2.24) is 0 Å². The Labute approximate surface area is 113 Å². The predicted molar refractivity (Wildman–Crippen MR) is 78.4 cm³/mol. The standard InChI is InChI=1S/C17H18O2/c1-12(2)8-9-14-11-10-13-6-4-5-7-15(13)16(14)17(18)19-3/h4-7,10-11H,1,8-9H2,2-3H3. The van der Waals surface area contributed by atoms with Crippen LogP contribution in [0.2, 0.25) is 0 Å². The third-order valence-corrected chi connectivity index (χ3v) is 3.23. The quantitative estimate of drug-likeness (QED) is 0.605. The van der Waals surface area contributed by atoms with Gasteiger partial charge in [0.1, 0.15) is 0 Å². The fourth-order valence-corrected chi connectivity index (χ4v) is 2.22. The zero-order valence-electron chi connectivity index (χ0n) is 11.4. The smallest absolute Gasteiger partial charge is 0.338 e. The number of hydrogen-bond donors (Lipinski definition) is 0. The largest absolute Gasteiger partial charge is 0.465 e. The molecule has 0 unspecified atom stereocenters. The van der Waals surface area contributed by atoms with Crippen molar-refractivity contribution in [2.75, 3.05) is 7.11 Å². The van der Waals surface area contributed by atoms with Crippen molar-refractivity contribution < 1.29 is 9.53 Å². The minimum Gasteiger partial charge on any atom is -0.465 e. The third kappa shape index (κ3) is 2.84. The molecule has 0 radical (unpaired) electrons. The Kier molecular flexibility index (Phi) is 4.00. The first-order chi connectivity index (χ1) is 9.13. The van der Waals surface area contributed by atoms with Gasteiger partial charge in [0.25, 0.3) is 0 Å². The highest BCUT2D eigenvalue weighted by Crippen LogP contribution is 2.25. The Hall–Kier alpha value is -2.09. The van der Waals surface area contributed by atoms with Crippen LogP contribution in [-0.4, -0.2) is 13.1 Å². The fraction of sp³-hybridized carbons (Fsp3) is 0.235. The van der Waals surface area contributed by atoms with Crippen LogP contribution in [0, 0.1) is 0 Å². The summed E-state index contributed by atoms with van der Waals surface area (Å²) in [7, 11) is 1.42. The van der Waals surface area contributed by atoms with Gasteiger partial charge >= 0.3 is 5.97 Å². The predicted octanol–water partition coefficient (Wildman–Crippen LogP) is 4.14. The van der Waals surface area contributed by atoms with E-state index in [1.54, 1.807) is 0 Å². The van der Waals surface area contributed by atoms with Crippen LogP contribution in [0.25, 0.3) is 10.8 Å². The van der Waals surface area contributed by atoms with Gasteiger partial charge in [0.15, 0.2) is 0 Å². The SMILES string of the molecule is C=C(C)CCc1ccc2ccccc2c1C(=O)OC. The maximum Gasteiger partial charge on any atom is 0.338 e. The van der Waals surface area contributed by atoms with E-state index in [-0.39, 0.29) is 5.97 Å². The molecule has 0 amide bonds. The van der Waals surface area contributed by atoms with Gasteiger partial charge in [-0.05, 0) is 36.1 Å². The van der Waals surface area contributed by atoms with Gasteiger partial charge in [0.2, 0.25) is 0 Å². The first-order valence-electron chi connectivity index (χ1n) is 6.37. The number of ether oxygens (including phenoxy) is 1. The number of carbonyl (C=O) groups excluding carboxylic acids is 1. The Morgan fingerprint density at radius 3 is 2.63 bits per heavy atom. The van der Waals surface area contributed by atoms with Crippen molar-refractivity contribution in [2.24, 2.45) is 0 Å². The first kappa shape index (κ1) is 13.3. The second-order valence-electron chi connectivity index (χ2n) is 4.77. The van der Waals surface area contributed by atoms with Crippen molar-refractivity contribution in [3.05, 3.63) is 59.7 Å². The molecule has 0 heterocycles. The number of esters is 1. The average Bonchev–Trinajstić information content (AvgIpc) is 2.43. The van der Waals surface area contributed by atoms with Crippen molar-refractivity contribution in [3.8, 4) is 0 Å². The molecule has 0 fully saturated rings. The molecule has 19 heavy (non-hydrogen) atoms. The summed E-state index contributed by atoms with van der Waals surface area (Å²) < 4.78 is 4.93. The molecular formula is C17H18O2. The molecule has 2 rings (SSSR count). The lowest BCUT2D eigenvalue weighted by atomic mass is 9.95. The van der Waals surface area contributed by atoms with Gasteiger partial charge in [-0.1, -0.05) is 42.0 Å². The molecule has 98 valence electrons. The molecule has 0 spiro atoms. The minimum atomic E-state index is -0.270. The summed E-state index contributed by atoms with van der Waals surface area (Å²) in [5.74, 6) is -0.270. The molecule has 2 nitrogen and oxygen atoms in total. The molecule has 0 aliphatic carbocycles. The summed E-state index contributed by atoms with van der Waals surface area (Å²) in [4.78, 5) is 12.0. The Morgan fingerprint density at radius 1 is 1.21 bits per heavy atom. The van der Waals surface area contributed by atoms with Crippen LogP contribution in [0.1, 0.15) is 29.3 Å². The molecule has 0 atom stereocenters. The van der Waals surface area contributed by atoms with E-state index in [0.717, 1.165) is 34.8 Å². The van der Waals surface area contributed by atoms with E-state index in [1.165, 1.54) is 7.11 Å². The summed E-state index contributed by atoms with van der Waals surface area (Å²) >= 11 is 0. The maximum atomic E-state index is 12.0. The maximum absolute atomic E-state index is 12.0. The number of aryl methyl sites for hydroxylation is 1. The molecule has 0 N–H and O–H groups in total. The van der Waals surface area contributed by atoms with Gasteiger partial charge in [-0.15, -0.1) is 6.58 Å². The molecule has 2 heteroatoms. The molecule has 0 aliphatic heterocycles. The van der Waals surface area contributed by atoms with Crippen LogP contribution in [0.15, 0.2) is 48.6 Å². The van der Waals surface area contributed by atoms with E-state index < -0.39 is 0 Å². The second kappa shape index (κ2) is 5.70. The Morgan fingerprint density at radius 2 is 1.95 bits per heavy atom. The number of methoxy groups -OCH3 is 1. The lowest BCUT2D eigenvalue weighted by Gasteiger charge is -2.11. The van der Waals surface area contributed by atoms with E-state index in [1.807, 2.05) is 37.3 Å². The number of hydrogen-bond acceptors (Lipinski definition) is 2. The monoisotopic (exact) mass is 254 g/mol. The van der Waals surface area contributed by atoms with E-state index in [9.17, 15) is 4.79 Å². The zero-order valence-corrected chi connectivity index (χ0v) is 11.4. The van der Waals surface area contributed by atoms with Crippen LogP contribution in [-0.2, 0) is 11.2 Å². The highest BCUT2D eigenvalue weighted by Gasteiger charge is 2.15. The highest BCUT2D eigenvalue weighted by molar-refractivity contribution is 6.05. The van der Waals surface area contributed by atoms with Gasteiger partial charge in [-0.2, -0.15) is 0 Å². The van der Waals surface area contributed by atoms with Gasteiger partial charge in [0.05, 0.1) is 12.7 Å². The molecule has 0 bridgehead atoms. The summed E-state index contributed by atoms with van der Waals surface area (Å²) in [6, 6.07) is 11.9. The summed E-state index contributed by atoms with van der Waals surface area (Å²) in [5, 5.41) is 2.01. The van der Waals surface area contributed by atoms with Crippen LogP contribution >= 0.6 is 0 Å². The number of rotatable bonds is 4. The zero-order chi connectivity index (χ0) is 13.8. The van der Waals surface area contributed by atoms with E-state index in [2.05, 4.69) is 12.6 Å². The van der Waals surface area contributed by atoms with Crippen molar-refractivity contribution >= 4 is 16.7 Å². The van der Waals surface area contributed by atoms with Crippen molar-refractivity contribution in [1.29, 1.82) is 0 Å². The van der Waals surface area contributed by atoms with E-state index >= 15 is 0 Å². The minimum absolute atomic E-state index is 0.270. The van der Waals surface area contributed by atoms with Crippen LogP contribution in [0.3, 0.4) is 0 Å². The average molecular weight is 254 g/mol. The molecule has 0 saturated heterocycles.